The minimum absolute atomic E-state index is 0.126. The first-order chi connectivity index (χ1) is 9.12. The Hall–Kier alpha value is -0.980. The number of rotatable bonds is 5. The van der Waals surface area contributed by atoms with Gasteiger partial charge in [0.1, 0.15) is 0 Å². The van der Waals surface area contributed by atoms with Gasteiger partial charge in [0.25, 0.3) is 0 Å². The third-order valence-corrected chi connectivity index (χ3v) is 5.39. The molecule has 1 unspecified atom stereocenters. The smallest absolute Gasteiger partial charge is 0.214 e. The Morgan fingerprint density at radius 3 is 2.95 bits per heavy atom. The zero-order valence-corrected chi connectivity index (χ0v) is 11.8. The number of nitrogens with two attached hydrogens (primary N) is 1. The van der Waals surface area contributed by atoms with Gasteiger partial charge in [-0.1, -0.05) is 6.07 Å². The summed E-state index contributed by atoms with van der Waals surface area (Å²) in [4.78, 5) is 4.16. The zero-order valence-electron chi connectivity index (χ0n) is 11.0. The van der Waals surface area contributed by atoms with Crippen LogP contribution in [0.3, 0.4) is 0 Å². The fourth-order valence-electron chi connectivity index (χ4n) is 2.38. The second-order valence-corrected chi connectivity index (χ2v) is 7.08. The molecule has 0 radical (unpaired) electrons. The Labute approximate surface area is 114 Å². The van der Waals surface area contributed by atoms with Crippen molar-refractivity contribution in [3.05, 3.63) is 30.1 Å². The lowest BCUT2D eigenvalue weighted by Gasteiger charge is -2.31. The number of sulfonamides is 1. The van der Waals surface area contributed by atoms with Crippen molar-refractivity contribution in [3.63, 3.8) is 0 Å². The Kier molecular flexibility index (Phi) is 4.90. The summed E-state index contributed by atoms with van der Waals surface area (Å²) >= 11 is 0. The van der Waals surface area contributed by atoms with Gasteiger partial charge in [0, 0.05) is 31.4 Å². The van der Waals surface area contributed by atoms with Crippen LogP contribution in [0, 0.1) is 5.92 Å². The topological polar surface area (TPSA) is 76.3 Å². The van der Waals surface area contributed by atoms with Crippen molar-refractivity contribution in [2.24, 2.45) is 11.7 Å². The van der Waals surface area contributed by atoms with Crippen molar-refractivity contribution in [3.8, 4) is 0 Å². The van der Waals surface area contributed by atoms with Gasteiger partial charge in [-0.05, 0) is 37.4 Å². The molecule has 19 heavy (non-hydrogen) atoms. The number of aromatic nitrogens is 1. The molecule has 6 heteroatoms. The van der Waals surface area contributed by atoms with Gasteiger partial charge >= 0.3 is 0 Å². The molecule has 5 nitrogen and oxygen atoms in total. The van der Waals surface area contributed by atoms with E-state index in [0.717, 1.165) is 18.5 Å². The van der Waals surface area contributed by atoms with Gasteiger partial charge in [0.05, 0.1) is 5.75 Å². The van der Waals surface area contributed by atoms with Crippen LogP contribution in [0.4, 0.5) is 0 Å². The summed E-state index contributed by atoms with van der Waals surface area (Å²) in [5.41, 5.74) is 6.46. The fraction of sp³-hybridized carbons (Fsp3) is 0.615. The highest BCUT2D eigenvalue weighted by atomic mass is 32.2. The predicted molar refractivity (Wildman–Crippen MR) is 75.1 cm³/mol. The van der Waals surface area contributed by atoms with Crippen LogP contribution in [0.15, 0.2) is 24.4 Å². The van der Waals surface area contributed by atoms with E-state index in [0.29, 0.717) is 32.0 Å². The summed E-state index contributed by atoms with van der Waals surface area (Å²) in [5, 5.41) is 0. The zero-order chi connectivity index (χ0) is 13.7. The second-order valence-electron chi connectivity index (χ2n) is 4.99. The van der Waals surface area contributed by atoms with E-state index in [1.54, 1.807) is 10.5 Å². The molecule has 1 saturated heterocycles. The Morgan fingerprint density at radius 1 is 1.42 bits per heavy atom. The van der Waals surface area contributed by atoms with E-state index in [1.807, 2.05) is 18.2 Å². The second kappa shape index (κ2) is 6.45. The fourth-order valence-corrected chi connectivity index (χ4v) is 3.95. The van der Waals surface area contributed by atoms with Crippen molar-refractivity contribution >= 4 is 10.0 Å². The van der Waals surface area contributed by atoms with Crippen LogP contribution in [0.5, 0.6) is 0 Å². The molecule has 0 aliphatic carbocycles. The summed E-state index contributed by atoms with van der Waals surface area (Å²) < 4.78 is 26.1. The highest BCUT2D eigenvalue weighted by Crippen LogP contribution is 2.18. The van der Waals surface area contributed by atoms with Crippen molar-refractivity contribution in [1.82, 2.24) is 9.29 Å². The summed E-state index contributed by atoms with van der Waals surface area (Å²) in [5.74, 6) is 0.430. The molecule has 1 aliphatic heterocycles. The van der Waals surface area contributed by atoms with Crippen LogP contribution >= 0.6 is 0 Å². The molecule has 1 atom stereocenters. The lowest BCUT2D eigenvalue weighted by atomic mass is 10.0. The lowest BCUT2D eigenvalue weighted by Crippen LogP contribution is -2.43. The van der Waals surface area contributed by atoms with E-state index in [-0.39, 0.29) is 5.75 Å². The summed E-state index contributed by atoms with van der Waals surface area (Å²) in [6.45, 7) is 1.76. The molecule has 2 rings (SSSR count). The summed E-state index contributed by atoms with van der Waals surface area (Å²) in [6, 6.07) is 5.56. The highest BCUT2D eigenvalue weighted by Gasteiger charge is 2.27. The molecule has 106 valence electrons. The van der Waals surface area contributed by atoms with E-state index in [2.05, 4.69) is 4.98 Å². The molecule has 0 amide bonds. The van der Waals surface area contributed by atoms with Gasteiger partial charge in [-0.2, -0.15) is 0 Å². The molecule has 1 aromatic rings. The Morgan fingerprint density at radius 2 is 2.26 bits per heavy atom. The largest absolute Gasteiger partial charge is 0.330 e. The van der Waals surface area contributed by atoms with Crippen LogP contribution in [0.1, 0.15) is 18.5 Å². The Balaban J connectivity index is 1.94. The van der Waals surface area contributed by atoms with Crippen LogP contribution in [0.2, 0.25) is 0 Å². The monoisotopic (exact) mass is 283 g/mol. The van der Waals surface area contributed by atoms with E-state index in [4.69, 9.17) is 5.73 Å². The quantitative estimate of drug-likeness (QED) is 0.859. The van der Waals surface area contributed by atoms with Gasteiger partial charge in [-0.15, -0.1) is 0 Å². The number of hydrogen-bond donors (Lipinski definition) is 1. The maximum Gasteiger partial charge on any atom is 0.214 e. The normalized spacial score (nSPS) is 21.4. The van der Waals surface area contributed by atoms with E-state index in [9.17, 15) is 8.42 Å². The van der Waals surface area contributed by atoms with Crippen LogP contribution in [0.25, 0.3) is 0 Å². The van der Waals surface area contributed by atoms with Crippen LogP contribution in [-0.2, 0) is 16.4 Å². The molecule has 2 N–H and O–H groups in total. The summed E-state index contributed by atoms with van der Waals surface area (Å²) in [7, 11) is -3.19. The first-order valence-corrected chi connectivity index (χ1v) is 8.30. The van der Waals surface area contributed by atoms with Crippen molar-refractivity contribution in [2.45, 2.75) is 19.3 Å². The van der Waals surface area contributed by atoms with Crippen molar-refractivity contribution in [2.75, 3.05) is 25.4 Å². The van der Waals surface area contributed by atoms with Gasteiger partial charge in [0.15, 0.2) is 0 Å². The maximum absolute atomic E-state index is 12.3. The van der Waals surface area contributed by atoms with Crippen molar-refractivity contribution in [1.29, 1.82) is 0 Å². The predicted octanol–water partition coefficient (Wildman–Crippen LogP) is 0.625. The first-order valence-electron chi connectivity index (χ1n) is 6.69. The average molecular weight is 283 g/mol. The average Bonchev–Trinajstić information content (AvgIpc) is 2.46. The molecule has 1 fully saturated rings. The number of nitrogens with zero attached hydrogens (tertiary/aromatic N) is 2. The van der Waals surface area contributed by atoms with Crippen molar-refractivity contribution < 1.29 is 8.42 Å². The number of piperidine rings is 1. The molecule has 2 heterocycles. The first kappa shape index (κ1) is 14.4. The number of hydrogen-bond acceptors (Lipinski definition) is 4. The molecule has 0 aromatic carbocycles. The standard InChI is InChI=1S/C13H21N3O2S/c14-10-12-4-3-8-16(11-12)19(17,18)9-6-13-5-1-2-7-15-13/h1-2,5,7,12H,3-4,6,8-11,14H2. The Bertz CT molecular complexity index is 490. The SMILES string of the molecule is NCC1CCCN(S(=O)(=O)CCc2ccccn2)C1. The third kappa shape index (κ3) is 3.99. The summed E-state index contributed by atoms with van der Waals surface area (Å²) in [6.07, 6.45) is 4.09. The third-order valence-electron chi connectivity index (χ3n) is 3.55. The minimum atomic E-state index is -3.19. The molecule has 1 aromatic heterocycles. The lowest BCUT2D eigenvalue weighted by molar-refractivity contribution is 0.271. The van der Waals surface area contributed by atoms with E-state index < -0.39 is 10.0 Å². The van der Waals surface area contributed by atoms with Gasteiger partial charge < -0.3 is 5.73 Å². The van der Waals surface area contributed by atoms with E-state index >= 15 is 0 Å². The minimum Gasteiger partial charge on any atom is -0.330 e. The molecule has 0 spiro atoms. The molecule has 0 saturated carbocycles. The van der Waals surface area contributed by atoms with Gasteiger partial charge in [-0.3, -0.25) is 4.98 Å². The van der Waals surface area contributed by atoms with Gasteiger partial charge in [-0.25, -0.2) is 12.7 Å². The maximum atomic E-state index is 12.3. The molecule has 1 aliphatic rings. The number of pyridine rings is 1. The molecular weight excluding hydrogens is 262 g/mol. The highest BCUT2D eigenvalue weighted by molar-refractivity contribution is 7.89. The van der Waals surface area contributed by atoms with Gasteiger partial charge in [0.2, 0.25) is 10.0 Å². The van der Waals surface area contributed by atoms with Crippen LogP contribution in [-0.4, -0.2) is 43.1 Å². The van der Waals surface area contributed by atoms with E-state index in [1.165, 1.54) is 0 Å². The molecule has 0 bridgehead atoms. The molecular formula is C13H21N3O2S. The number of aryl methyl sites for hydroxylation is 1. The van der Waals surface area contributed by atoms with Crippen LogP contribution < -0.4 is 5.73 Å².